The Morgan fingerprint density at radius 2 is 2.17 bits per heavy atom. The fourth-order valence-corrected chi connectivity index (χ4v) is 0.811. The van der Waals surface area contributed by atoms with Gasteiger partial charge in [0.25, 0.3) is 0 Å². The molecule has 12 heavy (non-hydrogen) atoms. The Hall–Kier alpha value is -1.71. The standard InChI is InChI=1S/C8H8O4/c1-12-7-4-5(8(10)11)2-3-6(7)9/h2-4,9H,1H3,(H,10,11)/i8+1. The second-order valence-corrected chi connectivity index (χ2v) is 2.19. The van der Waals surface area contributed by atoms with Crippen LogP contribution in [0, 0.1) is 0 Å². The highest BCUT2D eigenvalue weighted by Crippen LogP contribution is 2.25. The maximum Gasteiger partial charge on any atom is 0.335 e. The SMILES string of the molecule is COc1cc([13C](=O)O)ccc1O. The third kappa shape index (κ3) is 1.47. The Bertz CT molecular complexity index is 306. The van der Waals surface area contributed by atoms with Crippen LogP contribution in [-0.2, 0) is 0 Å². The van der Waals surface area contributed by atoms with Crippen LogP contribution >= 0.6 is 0 Å². The number of rotatable bonds is 2. The van der Waals surface area contributed by atoms with Crippen LogP contribution < -0.4 is 4.74 Å². The molecule has 2 N–H and O–H groups in total. The molecule has 0 amide bonds. The Kier molecular flexibility index (Phi) is 2.19. The van der Waals surface area contributed by atoms with Gasteiger partial charge in [-0.2, -0.15) is 0 Å². The van der Waals surface area contributed by atoms with E-state index >= 15 is 0 Å². The van der Waals surface area contributed by atoms with Gasteiger partial charge in [-0.15, -0.1) is 0 Å². The van der Waals surface area contributed by atoms with Crippen LogP contribution in [0.15, 0.2) is 18.2 Å². The topological polar surface area (TPSA) is 66.8 Å². The lowest BCUT2D eigenvalue weighted by Crippen LogP contribution is -1.96. The molecular weight excluding hydrogens is 161 g/mol. The van der Waals surface area contributed by atoms with Gasteiger partial charge in [-0.25, -0.2) is 4.79 Å². The number of carbonyl (C=O) groups is 1. The first kappa shape index (κ1) is 8.39. The van der Waals surface area contributed by atoms with Crippen molar-refractivity contribution in [2.24, 2.45) is 0 Å². The van der Waals surface area contributed by atoms with Crippen LogP contribution in [0.5, 0.6) is 11.5 Å². The lowest BCUT2D eigenvalue weighted by molar-refractivity contribution is 0.0696. The number of ether oxygens (including phenoxy) is 1. The van der Waals surface area contributed by atoms with Gasteiger partial charge in [-0.1, -0.05) is 0 Å². The Morgan fingerprint density at radius 1 is 1.50 bits per heavy atom. The van der Waals surface area contributed by atoms with E-state index in [9.17, 15) is 4.79 Å². The first-order valence-corrected chi connectivity index (χ1v) is 3.25. The molecule has 0 radical (unpaired) electrons. The van der Waals surface area contributed by atoms with E-state index in [0.717, 1.165) is 0 Å². The molecule has 1 rings (SSSR count). The molecule has 0 spiro atoms. The highest BCUT2D eigenvalue weighted by Gasteiger charge is 2.06. The molecule has 1 aromatic rings. The average molecular weight is 169 g/mol. The molecule has 4 nitrogen and oxygen atoms in total. The van der Waals surface area contributed by atoms with Gasteiger partial charge in [0.1, 0.15) is 0 Å². The normalized spacial score (nSPS) is 9.42. The molecule has 0 heterocycles. The first-order valence-electron chi connectivity index (χ1n) is 3.25. The monoisotopic (exact) mass is 169 g/mol. The van der Waals surface area contributed by atoms with Crippen molar-refractivity contribution < 1.29 is 19.7 Å². The third-order valence-corrected chi connectivity index (χ3v) is 1.43. The van der Waals surface area contributed by atoms with E-state index < -0.39 is 5.97 Å². The van der Waals surface area contributed by atoms with Crippen LogP contribution in [0.4, 0.5) is 0 Å². The van der Waals surface area contributed by atoms with Gasteiger partial charge in [0, 0.05) is 0 Å². The van der Waals surface area contributed by atoms with Crippen molar-refractivity contribution in [3.8, 4) is 11.5 Å². The van der Waals surface area contributed by atoms with Gasteiger partial charge in [0.15, 0.2) is 11.5 Å². The lowest BCUT2D eigenvalue weighted by Gasteiger charge is -2.02. The van der Waals surface area contributed by atoms with Crippen LogP contribution in [0.1, 0.15) is 10.4 Å². The zero-order valence-electron chi connectivity index (χ0n) is 6.44. The summed E-state index contributed by atoms with van der Waals surface area (Å²) in [6.45, 7) is 0. The largest absolute Gasteiger partial charge is 0.504 e. The van der Waals surface area contributed by atoms with Gasteiger partial charge < -0.3 is 14.9 Å². The maximum atomic E-state index is 10.4. The molecule has 0 bridgehead atoms. The summed E-state index contributed by atoms with van der Waals surface area (Å²) in [5.41, 5.74) is 0.0876. The maximum absolute atomic E-state index is 10.4. The lowest BCUT2D eigenvalue weighted by atomic mass is 10.2. The minimum absolute atomic E-state index is 0.0671. The third-order valence-electron chi connectivity index (χ3n) is 1.43. The summed E-state index contributed by atoms with van der Waals surface area (Å²) in [4.78, 5) is 10.4. The number of benzene rings is 1. The summed E-state index contributed by atoms with van der Waals surface area (Å²) in [5.74, 6) is -0.953. The summed E-state index contributed by atoms with van der Waals surface area (Å²) in [5, 5.41) is 17.7. The molecule has 0 aromatic heterocycles. The van der Waals surface area contributed by atoms with Crippen molar-refractivity contribution >= 4 is 5.97 Å². The van der Waals surface area contributed by atoms with E-state index in [2.05, 4.69) is 0 Å². The molecule has 4 heteroatoms. The highest BCUT2D eigenvalue weighted by molar-refractivity contribution is 5.88. The number of methoxy groups -OCH3 is 1. The van der Waals surface area contributed by atoms with E-state index in [-0.39, 0.29) is 17.1 Å². The van der Waals surface area contributed by atoms with Crippen molar-refractivity contribution in [2.75, 3.05) is 7.11 Å². The number of phenols is 1. The van der Waals surface area contributed by atoms with E-state index in [4.69, 9.17) is 14.9 Å². The van der Waals surface area contributed by atoms with Crippen molar-refractivity contribution in [1.82, 2.24) is 0 Å². The number of hydrogen-bond acceptors (Lipinski definition) is 3. The van der Waals surface area contributed by atoms with Gasteiger partial charge in [0.05, 0.1) is 12.7 Å². The minimum Gasteiger partial charge on any atom is -0.504 e. The van der Waals surface area contributed by atoms with E-state index in [1.807, 2.05) is 0 Å². The number of carboxylic acid groups (broad SMARTS) is 1. The van der Waals surface area contributed by atoms with Gasteiger partial charge in [0.2, 0.25) is 0 Å². The number of hydrogen-bond donors (Lipinski definition) is 2. The molecule has 0 unspecified atom stereocenters. The fourth-order valence-electron chi connectivity index (χ4n) is 0.811. The minimum atomic E-state index is -1.05. The van der Waals surface area contributed by atoms with Crippen molar-refractivity contribution in [3.05, 3.63) is 23.8 Å². The second-order valence-electron chi connectivity index (χ2n) is 2.19. The predicted molar refractivity (Wildman–Crippen MR) is 41.6 cm³/mol. The van der Waals surface area contributed by atoms with Crippen LogP contribution in [0.2, 0.25) is 0 Å². The summed E-state index contributed by atoms with van der Waals surface area (Å²) in [7, 11) is 1.36. The number of aromatic hydroxyl groups is 1. The summed E-state index contributed by atoms with van der Waals surface area (Å²) in [6, 6.07) is 3.85. The first-order chi connectivity index (χ1) is 5.65. The Morgan fingerprint density at radius 3 is 2.67 bits per heavy atom. The molecule has 0 saturated heterocycles. The Balaban J connectivity index is 3.13. The molecule has 0 saturated carbocycles. The Labute approximate surface area is 69.0 Å². The molecule has 64 valence electrons. The molecule has 0 atom stereocenters. The van der Waals surface area contributed by atoms with Crippen LogP contribution in [0.3, 0.4) is 0 Å². The predicted octanol–water partition coefficient (Wildman–Crippen LogP) is 1.10. The molecule has 0 fully saturated rings. The van der Waals surface area contributed by atoms with Crippen molar-refractivity contribution in [1.29, 1.82) is 0 Å². The molecule has 1 aromatic carbocycles. The summed E-state index contributed by atoms with van der Waals surface area (Å²) in [6.07, 6.45) is 0. The number of aromatic carboxylic acids is 1. The molecular formula is C8H8O4. The highest BCUT2D eigenvalue weighted by atomic mass is 16.5. The number of carboxylic acids is 1. The summed E-state index contributed by atoms with van der Waals surface area (Å²) < 4.78 is 4.72. The van der Waals surface area contributed by atoms with Gasteiger partial charge >= 0.3 is 5.97 Å². The smallest absolute Gasteiger partial charge is 0.335 e. The van der Waals surface area contributed by atoms with E-state index in [1.165, 1.54) is 25.3 Å². The van der Waals surface area contributed by atoms with Gasteiger partial charge in [-0.05, 0) is 18.2 Å². The van der Waals surface area contributed by atoms with E-state index in [1.54, 1.807) is 0 Å². The van der Waals surface area contributed by atoms with Crippen molar-refractivity contribution in [3.63, 3.8) is 0 Å². The molecule has 0 aliphatic heterocycles. The fraction of sp³-hybridized carbons (Fsp3) is 0.125. The zero-order valence-corrected chi connectivity index (χ0v) is 6.44. The average Bonchev–Trinajstić information content (AvgIpc) is 2.05. The number of phenolic OH excluding ortho intramolecular Hbond substituents is 1. The quantitative estimate of drug-likeness (QED) is 0.650. The molecule has 0 aliphatic rings. The van der Waals surface area contributed by atoms with E-state index in [0.29, 0.717) is 0 Å². The second kappa shape index (κ2) is 3.13. The van der Waals surface area contributed by atoms with Gasteiger partial charge in [-0.3, -0.25) is 0 Å². The molecule has 0 aliphatic carbocycles. The van der Waals surface area contributed by atoms with Crippen LogP contribution in [0.25, 0.3) is 0 Å². The van der Waals surface area contributed by atoms with Crippen molar-refractivity contribution in [2.45, 2.75) is 0 Å². The summed E-state index contributed by atoms with van der Waals surface area (Å²) >= 11 is 0. The van der Waals surface area contributed by atoms with Crippen LogP contribution in [-0.4, -0.2) is 23.3 Å². The zero-order chi connectivity index (χ0) is 9.14.